The summed E-state index contributed by atoms with van der Waals surface area (Å²) in [4.78, 5) is 26.1. The summed E-state index contributed by atoms with van der Waals surface area (Å²) in [6.45, 7) is 0.204. The van der Waals surface area contributed by atoms with E-state index in [1.165, 1.54) is 4.90 Å². The normalized spacial score (nSPS) is 15.3. The smallest absolute Gasteiger partial charge is 0.262 e. The van der Waals surface area contributed by atoms with E-state index in [4.69, 9.17) is 5.73 Å². The number of rotatable bonds is 3. The zero-order valence-electron chi connectivity index (χ0n) is 10.8. The van der Waals surface area contributed by atoms with Crippen LogP contribution in [0, 0.1) is 0 Å². The number of benzene rings is 2. The van der Waals surface area contributed by atoms with Crippen LogP contribution in [-0.2, 0) is 0 Å². The minimum Gasteiger partial charge on any atom is -0.328 e. The summed E-state index contributed by atoms with van der Waals surface area (Å²) in [7, 11) is 0. The van der Waals surface area contributed by atoms with Gasteiger partial charge in [-0.05, 0) is 17.7 Å². The Bertz CT molecular complexity index is 632. The molecular weight excluding hydrogens is 252 g/mol. The van der Waals surface area contributed by atoms with Crippen LogP contribution in [0.2, 0.25) is 0 Å². The van der Waals surface area contributed by atoms with Crippen molar-refractivity contribution in [2.45, 2.75) is 6.04 Å². The summed E-state index contributed by atoms with van der Waals surface area (Å²) < 4.78 is 0. The predicted octanol–water partition coefficient (Wildman–Crippen LogP) is 1.98. The van der Waals surface area contributed by atoms with Crippen molar-refractivity contribution in [3.8, 4) is 0 Å². The van der Waals surface area contributed by atoms with Crippen molar-refractivity contribution in [1.29, 1.82) is 0 Å². The summed E-state index contributed by atoms with van der Waals surface area (Å²) in [5, 5.41) is 0. The zero-order valence-corrected chi connectivity index (χ0v) is 10.8. The first-order chi connectivity index (χ1) is 9.74. The number of nitrogens with two attached hydrogens (primary N) is 1. The highest BCUT2D eigenvalue weighted by molar-refractivity contribution is 6.21. The maximum absolute atomic E-state index is 12.4. The number of amides is 2. The molecule has 0 fully saturated rings. The highest BCUT2D eigenvalue weighted by Gasteiger charge is 2.39. The molecule has 1 aliphatic rings. The quantitative estimate of drug-likeness (QED) is 0.864. The van der Waals surface area contributed by atoms with E-state index in [9.17, 15) is 9.59 Å². The fraction of sp³-hybridized carbons (Fsp3) is 0.125. The maximum Gasteiger partial charge on any atom is 0.262 e. The molecule has 0 saturated heterocycles. The van der Waals surface area contributed by atoms with E-state index < -0.39 is 6.04 Å². The second kappa shape index (κ2) is 4.90. The lowest BCUT2D eigenvalue weighted by molar-refractivity contribution is 0.0587. The van der Waals surface area contributed by atoms with E-state index in [1.807, 2.05) is 30.3 Å². The molecular formula is C16H14N2O2. The minimum absolute atomic E-state index is 0.204. The predicted molar refractivity (Wildman–Crippen MR) is 75.2 cm³/mol. The molecule has 2 aromatic carbocycles. The van der Waals surface area contributed by atoms with Gasteiger partial charge in [-0.2, -0.15) is 0 Å². The summed E-state index contributed by atoms with van der Waals surface area (Å²) in [6, 6.07) is 15.8. The number of hydrogen-bond acceptors (Lipinski definition) is 3. The molecule has 20 heavy (non-hydrogen) atoms. The van der Waals surface area contributed by atoms with Gasteiger partial charge in [0.05, 0.1) is 17.2 Å². The van der Waals surface area contributed by atoms with Crippen LogP contribution < -0.4 is 5.73 Å². The Labute approximate surface area is 116 Å². The van der Waals surface area contributed by atoms with E-state index in [2.05, 4.69) is 0 Å². The zero-order chi connectivity index (χ0) is 14.1. The average Bonchev–Trinajstić information content (AvgIpc) is 2.75. The molecule has 0 radical (unpaired) electrons. The monoisotopic (exact) mass is 266 g/mol. The Morgan fingerprint density at radius 1 is 0.850 bits per heavy atom. The number of hydrogen-bond donors (Lipinski definition) is 1. The van der Waals surface area contributed by atoms with Crippen LogP contribution in [0.4, 0.5) is 0 Å². The van der Waals surface area contributed by atoms with Crippen LogP contribution in [0.15, 0.2) is 54.6 Å². The Balaban J connectivity index is 2.03. The number of carbonyl (C=O) groups excluding carboxylic acids is 2. The van der Waals surface area contributed by atoms with Crippen LogP contribution in [0.25, 0.3) is 0 Å². The van der Waals surface area contributed by atoms with Gasteiger partial charge in [0.1, 0.15) is 0 Å². The van der Waals surface area contributed by atoms with E-state index in [0.717, 1.165) is 5.56 Å². The van der Waals surface area contributed by atoms with Gasteiger partial charge in [0.25, 0.3) is 11.8 Å². The van der Waals surface area contributed by atoms with Gasteiger partial charge in [-0.25, -0.2) is 0 Å². The van der Waals surface area contributed by atoms with Gasteiger partial charge in [0.15, 0.2) is 0 Å². The number of imide groups is 1. The van der Waals surface area contributed by atoms with Crippen LogP contribution in [-0.4, -0.2) is 23.3 Å². The molecule has 4 heteroatoms. The van der Waals surface area contributed by atoms with Crippen molar-refractivity contribution in [2.75, 3.05) is 6.54 Å². The third-order valence-electron chi connectivity index (χ3n) is 3.54. The first-order valence-electron chi connectivity index (χ1n) is 6.46. The largest absolute Gasteiger partial charge is 0.328 e. The molecule has 0 spiro atoms. The first kappa shape index (κ1) is 12.6. The average molecular weight is 266 g/mol. The van der Waals surface area contributed by atoms with Gasteiger partial charge < -0.3 is 5.73 Å². The standard InChI is InChI=1S/C16H14N2O2/c17-10-14(11-6-2-1-3-7-11)18-15(19)12-8-4-5-9-13(12)16(18)20/h1-9,14H,10,17H2. The second-order valence-electron chi connectivity index (χ2n) is 4.69. The molecule has 0 aromatic heterocycles. The molecule has 1 unspecified atom stereocenters. The fourth-order valence-electron chi connectivity index (χ4n) is 2.56. The highest BCUT2D eigenvalue weighted by atomic mass is 16.2. The molecule has 1 aliphatic heterocycles. The second-order valence-corrected chi connectivity index (χ2v) is 4.69. The van der Waals surface area contributed by atoms with Gasteiger partial charge in [-0.3, -0.25) is 14.5 Å². The van der Waals surface area contributed by atoms with Crippen molar-refractivity contribution in [1.82, 2.24) is 4.90 Å². The Morgan fingerprint density at radius 2 is 1.35 bits per heavy atom. The molecule has 3 rings (SSSR count). The molecule has 4 nitrogen and oxygen atoms in total. The molecule has 2 N–H and O–H groups in total. The molecule has 2 amide bonds. The van der Waals surface area contributed by atoms with Crippen LogP contribution in [0.3, 0.4) is 0 Å². The van der Waals surface area contributed by atoms with E-state index >= 15 is 0 Å². The third-order valence-corrected chi connectivity index (χ3v) is 3.54. The SMILES string of the molecule is NCC(c1ccccc1)N1C(=O)c2ccccc2C1=O. The van der Waals surface area contributed by atoms with E-state index in [-0.39, 0.29) is 18.4 Å². The van der Waals surface area contributed by atoms with Gasteiger partial charge >= 0.3 is 0 Å². The fourth-order valence-corrected chi connectivity index (χ4v) is 2.56. The van der Waals surface area contributed by atoms with Gasteiger partial charge in [0, 0.05) is 6.54 Å². The molecule has 0 saturated carbocycles. The van der Waals surface area contributed by atoms with E-state index in [1.54, 1.807) is 24.3 Å². The summed E-state index contributed by atoms with van der Waals surface area (Å²) in [6.07, 6.45) is 0. The van der Waals surface area contributed by atoms with Crippen LogP contribution in [0.5, 0.6) is 0 Å². The lowest BCUT2D eigenvalue weighted by Crippen LogP contribution is -2.38. The maximum atomic E-state index is 12.4. The Morgan fingerprint density at radius 3 is 1.85 bits per heavy atom. The summed E-state index contributed by atoms with van der Waals surface area (Å²) in [5.74, 6) is -0.546. The van der Waals surface area contributed by atoms with Crippen molar-refractivity contribution >= 4 is 11.8 Å². The van der Waals surface area contributed by atoms with Gasteiger partial charge in [-0.1, -0.05) is 42.5 Å². The molecule has 0 bridgehead atoms. The Kier molecular flexibility index (Phi) is 3.08. The highest BCUT2D eigenvalue weighted by Crippen LogP contribution is 2.30. The van der Waals surface area contributed by atoms with Crippen molar-refractivity contribution in [3.05, 3.63) is 71.3 Å². The van der Waals surface area contributed by atoms with Crippen molar-refractivity contribution in [2.24, 2.45) is 5.73 Å². The summed E-state index contributed by atoms with van der Waals surface area (Å²) >= 11 is 0. The number of nitrogens with zero attached hydrogens (tertiary/aromatic N) is 1. The first-order valence-corrected chi connectivity index (χ1v) is 6.46. The molecule has 0 aliphatic carbocycles. The lowest BCUT2D eigenvalue weighted by atomic mass is 10.1. The molecule has 1 atom stereocenters. The minimum atomic E-state index is -0.427. The van der Waals surface area contributed by atoms with Crippen molar-refractivity contribution in [3.63, 3.8) is 0 Å². The molecule has 1 heterocycles. The third kappa shape index (κ3) is 1.82. The topological polar surface area (TPSA) is 63.4 Å². The van der Waals surface area contributed by atoms with Gasteiger partial charge in [0.2, 0.25) is 0 Å². The van der Waals surface area contributed by atoms with Crippen LogP contribution in [0.1, 0.15) is 32.3 Å². The van der Waals surface area contributed by atoms with Crippen LogP contribution >= 0.6 is 0 Å². The van der Waals surface area contributed by atoms with E-state index in [0.29, 0.717) is 11.1 Å². The molecule has 2 aromatic rings. The Hall–Kier alpha value is -2.46. The lowest BCUT2D eigenvalue weighted by Gasteiger charge is -2.25. The molecule has 100 valence electrons. The number of fused-ring (bicyclic) bond motifs is 1. The summed E-state index contributed by atoms with van der Waals surface area (Å²) in [5.41, 5.74) is 7.56. The number of carbonyl (C=O) groups is 2. The van der Waals surface area contributed by atoms with Gasteiger partial charge in [-0.15, -0.1) is 0 Å². The van der Waals surface area contributed by atoms with Crippen molar-refractivity contribution < 1.29 is 9.59 Å².